The van der Waals surface area contributed by atoms with Gasteiger partial charge in [0.05, 0.1) is 5.75 Å². The highest BCUT2D eigenvalue weighted by atomic mass is 32.2. The molecule has 144 valence electrons. The molecule has 2 heterocycles. The van der Waals surface area contributed by atoms with Gasteiger partial charge in [-0.2, -0.15) is 10.5 Å². The number of aryl methyl sites for hydroxylation is 2. The average molecular weight is 421 g/mol. The van der Waals surface area contributed by atoms with E-state index in [9.17, 15) is 15.3 Å². The van der Waals surface area contributed by atoms with Gasteiger partial charge >= 0.3 is 0 Å². The molecule has 0 fully saturated rings. The number of nitrogens with zero attached hydrogens (tertiary/aromatic N) is 2. The molecule has 0 unspecified atom stereocenters. The highest BCUT2D eigenvalue weighted by Gasteiger charge is 2.24. The number of carbonyl (C=O) groups excluding carboxylic acids is 1. The molecule has 0 aliphatic heterocycles. The lowest BCUT2D eigenvalue weighted by Crippen LogP contribution is -2.20. The number of aromatic nitrogens is 1. The Morgan fingerprint density at radius 3 is 2.59 bits per heavy atom. The molecule has 0 spiro atoms. The fourth-order valence-electron chi connectivity index (χ4n) is 2.77. The summed E-state index contributed by atoms with van der Waals surface area (Å²) in [6.07, 6.45) is 0. The SMILES string of the molecule is Cc1ccc(NC(=O)CSc2[nH+]c(N)c(C#N)c(-c3cccs3)c2C#N)cc1C. The average Bonchev–Trinajstić information content (AvgIpc) is 3.23. The second kappa shape index (κ2) is 8.78. The van der Waals surface area contributed by atoms with Gasteiger partial charge in [-0.15, -0.1) is 11.3 Å². The number of hydrogen-bond donors (Lipinski definition) is 2. The number of H-pyrrole nitrogens is 1. The van der Waals surface area contributed by atoms with Crippen LogP contribution in [0.25, 0.3) is 10.4 Å². The summed E-state index contributed by atoms with van der Waals surface area (Å²) in [7, 11) is 0. The van der Waals surface area contributed by atoms with Gasteiger partial charge in [-0.1, -0.05) is 23.9 Å². The molecule has 1 amide bonds. The monoisotopic (exact) mass is 420 g/mol. The first-order chi connectivity index (χ1) is 13.9. The van der Waals surface area contributed by atoms with E-state index in [-0.39, 0.29) is 23.0 Å². The van der Waals surface area contributed by atoms with Gasteiger partial charge in [-0.05, 0) is 48.6 Å². The van der Waals surface area contributed by atoms with E-state index in [1.165, 1.54) is 23.1 Å². The standard InChI is InChI=1S/C21H17N5OS2/c1-12-5-6-14(8-13(12)2)25-18(27)11-29-21-16(10-23)19(17-4-3-7-28-17)15(9-22)20(24)26-21/h3-8H,11H2,1-2H3,(H2,24,26)(H,25,27)/p+1. The molecular formula is C21H18N5OS2+. The molecule has 0 saturated heterocycles. The Kier molecular flexibility index (Phi) is 6.18. The third-order valence-electron chi connectivity index (χ3n) is 4.37. The molecule has 0 aliphatic rings. The van der Waals surface area contributed by atoms with Crippen LogP contribution < -0.4 is 16.0 Å². The van der Waals surface area contributed by atoms with Gasteiger partial charge in [-0.25, -0.2) is 4.98 Å². The molecule has 4 N–H and O–H groups in total. The Morgan fingerprint density at radius 2 is 1.97 bits per heavy atom. The number of thiophene rings is 1. The minimum atomic E-state index is -0.198. The predicted octanol–water partition coefficient (Wildman–Crippen LogP) is 3.90. The van der Waals surface area contributed by atoms with Crippen molar-refractivity contribution in [3.8, 4) is 22.6 Å². The third kappa shape index (κ3) is 4.40. The molecular weight excluding hydrogens is 402 g/mol. The summed E-state index contributed by atoms with van der Waals surface area (Å²) >= 11 is 2.60. The number of hydrogen-bond acceptors (Lipinski definition) is 6. The second-order valence-corrected chi connectivity index (χ2v) is 8.26. The molecule has 8 heteroatoms. The Labute approximate surface area is 177 Å². The summed E-state index contributed by atoms with van der Waals surface area (Å²) in [5, 5.41) is 24.4. The van der Waals surface area contributed by atoms with Crippen molar-refractivity contribution in [2.45, 2.75) is 18.9 Å². The molecule has 0 atom stereocenters. The van der Waals surface area contributed by atoms with E-state index < -0.39 is 0 Å². The topological polar surface area (TPSA) is 117 Å². The largest absolute Gasteiger partial charge is 0.325 e. The van der Waals surface area contributed by atoms with Crippen LogP contribution in [-0.2, 0) is 4.79 Å². The Balaban J connectivity index is 1.86. The van der Waals surface area contributed by atoms with Crippen LogP contribution in [-0.4, -0.2) is 11.7 Å². The Morgan fingerprint density at radius 1 is 1.21 bits per heavy atom. The molecule has 2 aromatic heterocycles. The number of amides is 1. The summed E-state index contributed by atoms with van der Waals surface area (Å²) in [6, 6.07) is 13.6. The molecule has 0 saturated carbocycles. The van der Waals surface area contributed by atoms with Gasteiger partial charge in [0, 0.05) is 16.1 Å². The van der Waals surface area contributed by atoms with E-state index in [1.807, 2.05) is 49.6 Å². The zero-order valence-electron chi connectivity index (χ0n) is 15.9. The van der Waals surface area contributed by atoms with Gasteiger partial charge in [0.25, 0.3) is 5.82 Å². The van der Waals surface area contributed by atoms with Gasteiger partial charge in [0.1, 0.15) is 17.7 Å². The van der Waals surface area contributed by atoms with Crippen molar-refractivity contribution in [1.29, 1.82) is 10.5 Å². The predicted molar refractivity (Wildman–Crippen MR) is 115 cm³/mol. The maximum Gasteiger partial charge on any atom is 0.289 e. The number of pyridine rings is 1. The Hall–Kier alpha value is -3.33. The molecule has 3 aromatic rings. The van der Waals surface area contributed by atoms with E-state index in [4.69, 9.17) is 5.73 Å². The van der Waals surface area contributed by atoms with E-state index in [1.54, 1.807) is 0 Å². The van der Waals surface area contributed by atoms with Gasteiger partial charge in [0.15, 0.2) is 10.6 Å². The molecule has 1 aromatic carbocycles. The van der Waals surface area contributed by atoms with Crippen LogP contribution in [0.1, 0.15) is 22.3 Å². The maximum atomic E-state index is 12.4. The van der Waals surface area contributed by atoms with E-state index >= 15 is 0 Å². The summed E-state index contributed by atoms with van der Waals surface area (Å²) in [5.41, 5.74) is 10.0. The number of thioether (sulfide) groups is 1. The zero-order chi connectivity index (χ0) is 21.0. The van der Waals surface area contributed by atoms with E-state index in [0.29, 0.717) is 16.2 Å². The Bertz CT molecular complexity index is 1160. The zero-order valence-corrected chi connectivity index (χ0v) is 17.5. The number of nitriles is 2. The normalized spacial score (nSPS) is 10.2. The van der Waals surface area contributed by atoms with Crippen molar-refractivity contribution in [2.24, 2.45) is 0 Å². The lowest BCUT2D eigenvalue weighted by Gasteiger charge is -2.09. The highest BCUT2D eigenvalue weighted by Crippen LogP contribution is 2.35. The van der Waals surface area contributed by atoms with Crippen LogP contribution in [0.4, 0.5) is 11.5 Å². The van der Waals surface area contributed by atoms with Crippen LogP contribution in [0.3, 0.4) is 0 Å². The number of carbonyl (C=O) groups is 1. The van der Waals surface area contributed by atoms with Crippen LogP contribution in [0.15, 0.2) is 40.7 Å². The lowest BCUT2D eigenvalue weighted by atomic mass is 10.0. The number of aromatic amines is 1. The molecule has 0 bridgehead atoms. The first-order valence-electron chi connectivity index (χ1n) is 8.67. The first-order valence-corrected chi connectivity index (χ1v) is 10.5. The molecule has 6 nitrogen and oxygen atoms in total. The van der Waals surface area contributed by atoms with Crippen molar-refractivity contribution < 1.29 is 9.78 Å². The van der Waals surface area contributed by atoms with Crippen molar-refractivity contribution >= 4 is 40.5 Å². The fourth-order valence-corrected chi connectivity index (χ4v) is 4.38. The van der Waals surface area contributed by atoms with Crippen LogP contribution in [0.5, 0.6) is 0 Å². The summed E-state index contributed by atoms with van der Waals surface area (Å²) in [4.78, 5) is 16.1. The number of benzene rings is 1. The number of nitrogen functional groups attached to an aromatic ring is 1. The van der Waals surface area contributed by atoms with Gasteiger partial charge < -0.3 is 5.32 Å². The minimum absolute atomic E-state index is 0.0906. The van der Waals surface area contributed by atoms with Crippen molar-refractivity contribution in [3.63, 3.8) is 0 Å². The quantitative estimate of drug-likeness (QED) is 0.607. The first kappa shape index (κ1) is 20.4. The highest BCUT2D eigenvalue weighted by molar-refractivity contribution is 7.99. The lowest BCUT2D eigenvalue weighted by molar-refractivity contribution is -0.410. The molecule has 0 radical (unpaired) electrons. The molecule has 0 aliphatic carbocycles. The van der Waals surface area contributed by atoms with Crippen LogP contribution in [0, 0.1) is 36.5 Å². The van der Waals surface area contributed by atoms with E-state index in [0.717, 1.165) is 21.7 Å². The number of nitrogens with two attached hydrogens (primary N) is 1. The minimum Gasteiger partial charge on any atom is -0.325 e. The second-order valence-electron chi connectivity index (χ2n) is 6.33. The summed E-state index contributed by atoms with van der Waals surface area (Å²) in [6.45, 7) is 4.00. The molecule has 29 heavy (non-hydrogen) atoms. The third-order valence-corrected chi connectivity index (χ3v) is 6.26. The number of anilines is 2. The van der Waals surface area contributed by atoms with Gasteiger partial charge in [-0.3, -0.25) is 10.5 Å². The van der Waals surface area contributed by atoms with Crippen molar-refractivity contribution in [2.75, 3.05) is 16.8 Å². The van der Waals surface area contributed by atoms with Crippen molar-refractivity contribution in [3.05, 3.63) is 58.0 Å². The van der Waals surface area contributed by atoms with Crippen molar-refractivity contribution in [1.82, 2.24) is 0 Å². The smallest absolute Gasteiger partial charge is 0.289 e. The number of rotatable bonds is 5. The van der Waals surface area contributed by atoms with Crippen LogP contribution >= 0.6 is 23.1 Å². The van der Waals surface area contributed by atoms with Crippen LogP contribution in [0.2, 0.25) is 0 Å². The summed E-state index contributed by atoms with van der Waals surface area (Å²) < 4.78 is 0. The van der Waals surface area contributed by atoms with E-state index in [2.05, 4.69) is 22.4 Å². The maximum absolute atomic E-state index is 12.4. The van der Waals surface area contributed by atoms with Gasteiger partial charge in [0.2, 0.25) is 5.91 Å². The number of nitrogens with one attached hydrogen (secondary N) is 2. The fraction of sp³-hybridized carbons (Fsp3) is 0.143. The summed E-state index contributed by atoms with van der Waals surface area (Å²) in [5.74, 6) is 0.0657. The molecule has 3 rings (SSSR count).